The van der Waals surface area contributed by atoms with E-state index in [0.29, 0.717) is 24.3 Å². The zero-order valence-corrected chi connectivity index (χ0v) is 12.4. The molecule has 0 bridgehead atoms. The van der Waals surface area contributed by atoms with E-state index in [2.05, 4.69) is 10.5 Å². The van der Waals surface area contributed by atoms with Crippen molar-refractivity contribution < 1.29 is 19.4 Å². The van der Waals surface area contributed by atoms with Crippen LogP contribution in [0.4, 0.5) is 0 Å². The number of hydrogen-bond donors (Lipinski definition) is 2. The standard InChI is InChI=1S/C17H16N2O4/c20-14-5-1-12(2-6-14)4-8-17(21)19-18-10-13-3-7-15-16(9-13)23-11-22-15/h1-3,5-7,9-10,20H,4,8,11H2,(H,19,21)/b18-10-. The molecule has 0 aromatic heterocycles. The fraction of sp³-hybridized carbons (Fsp3) is 0.176. The van der Waals surface area contributed by atoms with E-state index in [4.69, 9.17) is 9.47 Å². The fourth-order valence-electron chi connectivity index (χ4n) is 2.15. The van der Waals surface area contributed by atoms with E-state index >= 15 is 0 Å². The second kappa shape index (κ2) is 6.83. The number of rotatable bonds is 5. The van der Waals surface area contributed by atoms with Crippen molar-refractivity contribution in [1.82, 2.24) is 5.43 Å². The lowest BCUT2D eigenvalue weighted by molar-refractivity contribution is -0.121. The highest BCUT2D eigenvalue weighted by atomic mass is 16.7. The van der Waals surface area contributed by atoms with Gasteiger partial charge in [0.15, 0.2) is 11.5 Å². The SMILES string of the molecule is O=C(CCc1ccc(O)cc1)N/N=C\c1ccc2c(c1)OCO2. The third-order valence-electron chi connectivity index (χ3n) is 3.38. The molecule has 6 heteroatoms. The van der Waals surface area contributed by atoms with E-state index < -0.39 is 0 Å². The van der Waals surface area contributed by atoms with Crippen molar-refractivity contribution in [3.63, 3.8) is 0 Å². The minimum Gasteiger partial charge on any atom is -0.508 e. The summed E-state index contributed by atoms with van der Waals surface area (Å²) in [6.45, 7) is 0.226. The monoisotopic (exact) mass is 312 g/mol. The summed E-state index contributed by atoms with van der Waals surface area (Å²) in [7, 11) is 0. The molecule has 2 aromatic rings. The van der Waals surface area contributed by atoms with Crippen LogP contribution in [0, 0.1) is 0 Å². The molecule has 0 saturated heterocycles. The maximum Gasteiger partial charge on any atom is 0.240 e. The van der Waals surface area contributed by atoms with Gasteiger partial charge in [0.2, 0.25) is 12.7 Å². The van der Waals surface area contributed by atoms with Crippen molar-refractivity contribution in [2.75, 3.05) is 6.79 Å². The van der Waals surface area contributed by atoms with Crippen LogP contribution in [-0.2, 0) is 11.2 Å². The number of carbonyl (C=O) groups excluding carboxylic acids is 1. The van der Waals surface area contributed by atoms with Crippen LogP contribution >= 0.6 is 0 Å². The van der Waals surface area contributed by atoms with Crippen LogP contribution in [0.1, 0.15) is 17.5 Å². The molecular weight excluding hydrogens is 296 g/mol. The summed E-state index contributed by atoms with van der Waals surface area (Å²) in [6.07, 6.45) is 2.47. The highest BCUT2D eigenvalue weighted by molar-refractivity contribution is 5.83. The Balaban J connectivity index is 1.47. The van der Waals surface area contributed by atoms with Gasteiger partial charge < -0.3 is 14.6 Å². The maximum absolute atomic E-state index is 11.7. The molecule has 1 heterocycles. The Morgan fingerprint density at radius 2 is 1.96 bits per heavy atom. The summed E-state index contributed by atoms with van der Waals surface area (Å²) in [4.78, 5) is 11.7. The van der Waals surface area contributed by atoms with Crippen LogP contribution in [-0.4, -0.2) is 24.0 Å². The van der Waals surface area contributed by atoms with Gasteiger partial charge in [-0.2, -0.15) is 5.10 Å². The molecule has 118 valence electrons. The molecule has 3 rings (SSSR count). The molecule has 0 fully saturated rings. The van der Waals surface area contributed by atoms with Crippen molar-refractivity contribution in [1.29, 1.82) is 0 Å². The first-order valence-corrected chi connectivity index (χ1v) is 7.20. The lowest BCUT2D eigenvalue weighted by atomic mass is 10.1. The molecular formula is C17H16N2O4. The Morgan fingerprint density at radius 3 is 2.78 bits per heavy atom. The van der Waals surface area contributed by atoms with Gasteiger partial charge in [0, 0.05) is 6.42 Å². The average Bonchev–Trinajstić information content (AvgIpc) is 3.02. The van der Waals surface area contributed by atoms with Gasteiger partial charge in [0.05, 0.1) is 6.21 Å². The number of hydrogen-bond acceptors (Lipinski definition) is 5. The molecule has 0 aliphatic carbocycles. The van der Waals surface area contributed by atoms with Crippen LogP contribution in [0.5, 0.6) is 17.2 Å². The Bertz CT molecular complexity index is 726. The Kier molecular flexibility index (Phi) is 4.42. The second-order valence-corrected chi connectivity index (χ2v) is 5.07. The largest absolute Gasteiger partial charge is 0.508 e. The number of nitrogens with zero attached hydrogens (tertiary/aromatic N) is 1. The smallest absolute Gasteiger partial charge is 0.240 e. The number of nitrogens with one attached hydrogen (secondary N) is 1. The topological polar surface area (TPSA) is 80.2 Å². The van der Waals surface area contributed by atoms with Crippen molar-refractivity contribution in [2.45, 2.75) is 12.8 Å². The number of hydrazone groups is 1. The number of phenols is 1. The predicted molar refractivity (Wildman–Crippen MR) is 84.7 cm³/mol. The number of amides is 1. The normalized spacial score (nSPS) is 12.5. The quantitative estimate of drug-likeness (QED) is 0.655. The number of ether oxygens (including phenoxy) is 2. The number of fused-ring (bicyclic) bond motifs is 1. The van der Waals surface area contributed by atoms with E-state index in [-0.39, 0.29) is 18.4 Å². The molecule has 23 heavy (non-hydrogen) atoms. The highest BCUT2D eigenvalue weighted by Gasteiger charge is 2.12. The van der Waals surface area contributed by atoms with Gasteiger partial charge in [-0.3, -0.25) is 4.79 Å². The zero-order valence-electron chi connectivity index (χ0n) is 12.4. The minimum atomic E-state index is -0.171. The van der Waals surface area contributed by atoms with Crippen LogP contribution in [0.15, 0.2) is 47.6 Å². The third-order valence-corrected chi connectivity index (χ3v) is 3.38. The van der Waals surface area contributed by atoms with Gasteiger partial charge in [-0.05, 0) is 47.9 Å². The Hall–Kier alpha value is -3.02. The van der Waals surface area contributed by atoms with E-state index in [9.17, 15) is 9.90 Å². The molecule has 2 aromatic carbocycles. The summed E-state index contributed by atoms with van der Waals surface area (Å²) in [5.41, 5.74) is 4.29. The average molecular weight is 312 g/mol. The molecule has 6 nitrogen and oxygen atoms in total. The molecule has 0 spiro atoms. The van der Waals surface area contributed by atoms with Gasteiger partial charge >= 0.3 is 0 Å². The minimum absolute atomic E-state index is 0.171. The summed E-state index contributed by atoms with van der Waals surface area (Å²) in [5.74, 6) is 1.43. The van der Waals surface area contributed by atoms with Gasteiger partial charge in [0.25, 0.3) is 0 Å². The van der Waals surface area contributed by atoms with E-state index in [1.807, 2.05) is 6.07 Å². The van der Waals surface area contributed by atoms with E-state index in [1.54, 1.807) is 42.6 Å². The fourth-order valence-corrected chi connectivity index (χ4v) is 2.15. The van der Waals surface area contributed by atoms with Gasteiger partial charge in [0.1, 0.15) is 5.75 Å². The molecule has 1 aliphatic heterocycles. The maximum atomic E-state index is 11.7. The summed E-state index contributed by atoms with van der Waals surface area (Å²) in [6, 6.07) is 12.2. The second-order valence-electron chi connectivity index (χ2n) is 5.07. The number of aromatic hydroxyl groups is 1. The van der Waals surface area contributed by atoms with Crippen molar-refractivity contribution >= 4 is 12.1 Å². The van der Waals surface area contributed by atoms with E-state index in [1.165, 1.54) is 0 Å². The Labute approximate surface area is 133 Å². The third kappa shape index (κ3) is 4.00. The van der Waals surface area contributed by atoms with Crippen molar-refractivity contribution in [2.24, 2.45) is 5.10 Å². The number of aryl methyl sites for hydroxylation is 1. The van der Waals surface area contributed by atoms with E-state index in [0.717, 1.165) is 11.1 Å². The Morgan fingerprint density at radius 1 is 1.17 bits per heavy atom. The molecule has 2 N–H and O–H groups in total. The number of carbonyl (C=O) groups is 1. The first kappa shape index (κ1) is 14.9. The lowest BCUT2D eigenvalue weighted by Gasteiger charge is -2.01. The zero-order chi connectivity index (χ0) is 16.1. The van der Waals surface area contributed by atoms with Crippen LogP contribution in [0.25, 0.3) is 0 Å². The first-order valence-electron chi connectivity index (χ1n) is 7.20. The molecule has 1 aliphatic rings. The molecule has 0 unspecified atom stereocenters. The lowest BCUT2D eigenvalue weighted by Crippen LogP contribution is -2.17. The molecule has 0 atom stereocenters. The van der Waals surface area contributed by atoms with Crippen molar-refractivity contribution in [3.05, 3.63) is 53.6 Å². The van der Waals surface area contributed by atoms with Crippen molar-refractivity contribution in [3.8, 4) is 17.2 Å². The summed E-state index contributed by atoms with van der Waals surface area (Å²) >= 11 is 0. The molecule has 0 saturated carbocycles. The summed E-state index contributed by atoms with van der Waals surface area (Å²) in [5, 5.41) is 13.1. The van der Waals surface area contributed by atoms with Gasteiger partial charge in [-0.25, -0.2) is 5.43 Å². The highest BCUT2D eigenvalue weighted by Crippen LogP contribution is 2.31. The van der Waals surface area contributed by atoms with Gasteiger partial charge in [-0.1, -0.05) is 12.1 Å². The number of phenolic OH excluding ortho intramolecular Hbond substituents is 1. The van der Waals surface area contributed by atoms with Crippen LogP contribution in [0.3, 0.4) is 0 Å². The summed E-state index contributed by atoms with van der Waals surface area (Å²) < 4.78 is 10.5. The first-order chi connectivity index (χ1) is 11.2. The molecule has 0 radical (unpaired) electrons. The van der Waals surface area contributed by atoms with Crippen LogP contribution in [0.2, 0.25) is 0 Å². The van der Waals surface area contributed by atoms with Gasteiger partial charge in [-0.15, -0.1) is 0 Å². The number of benzene rings is 2. The predicted octanol–water partition coefficient (Wildman–Crippen LogP) is 2.20. The van der Waals surface area contributed by atoms with Crippen LogP contribution < -0.4 is 14.9 Å². The molecule has 1 amide bonds.